The molecule has 1 atom stereocenters. The van der Waals surface area contributed by atoms with Crippen LogP contribution in [-0.4, -0.2) is 34.6 Å². The van der Waals surface area contributed by atoms with E-state index in [1.54, 1.807) is 54.6 Å². The third-order valence-corrected chi connectivity index (χ3v) is 7.74. The molecule has 4 aromatic carbocycles. The van der Waals surface area contributed by atoms with Crippen molar-refractivity contribution in [2.75, 3.05) is 17.2 Å². The van der Waals surface area contributed by atoms with E-state index in [1.165, 1.54) is 11.8 Å². The molecule has 0 radical (unpaired) electrons. The summed E-state index contributed by atoms with van der Waals surface area (Å²) >= 11 is 1.37. The molecule has 0 aliphatic carbocycles. The van der Waals surface area contributed by atoms with Crippen LogP contribution in [0.3, 0.4) is 0 Å². The van der Waals surface area contributed by atoms with Gasteiger partial charge in [-0.1, -0.05) is 48.5 Å². The molecule has 0 aliphatic rings. The second-order valence-electron chi connectivity index (χ2n) is 9.86. The molecule has 0 saturated heterocycles. The first kappa shape index (κ1) is 30.2. The third kappa shape index (κ3) is 7.76. The number of hydrogen-bond donors (Lipinski definition) is 4. The van der Waals surface area contributed by atoms with Gasteiger partial charge in [-0.15, -0.1) is 11.8 Å². The maximum absolute atomic E-state index is 13.6. The van der Waals surface area contributed by atoms with E-state index in [0.29, 0.717) is 34.9 Å². The molecule has 0 spiro atoms. The number of para-hydroxylation sites is 1. The molecule has 4 N–H and O–H groups in total. The number of nitrogens with one attached hydrogen (secondary N) is 4. The fourth-order valence-corrected chi connectivity index (χ4v) is 5.38. The average molecular weight is 605 g/mol. The van der Waals surface area contributed by atoms with Crippen molar-refractivity contribution in [2.45, 2.75) is 24.0 Å². The molecule has 0 saturated carbocycles. The molecule has 5 rings (SSSR count). The average Bonchev–Trinajstić information content (AvgIpc) is 3.50. The normalized spacial score (nSPS) is 11.9. The van der Waals surface area contributed by atoms with Crippen molar-refractivity contribution in [3.8, 4) is 5.75 Å². The van der Waals surface area contributed by atoms with E-state index in [2.05, 4.69) is 20.9 Å². The van der Waals surface area contributed by atoms with Gasteiger partial charge in [0.25, 0.3) is 11.8 Å². The summed E-state index contributed by atoms with van der Waals surface area (Å²) in [6, 6.07) is 30.9. The Balaban J connectivity index is 1.30. The van der Waals surface area contributed by atoms with Crippen molar-refractivity contribution in [1.29, 1.82) is 0 Å². The van der Waals surface area contributed by atoms with E-state index in [4.69, 9.17) is 4.74 Å². The van der Waals surface area contributed by atoms with Gasteiger partial charge in [-0.2, -0.15) is 0 Å². The molecule has 222 valence electrons. The number of fused-ring (bicyclic) bond motifs is 1. The zero-order valence-electron chi connectivity index (χ0n) is 24.3. The molecule has 0 fully saturated rings. The highest BCUT2D eigenvalue weighted by atomic mass is 32.2. The van der Waals surface area contributed by atoms with Crippen LogP contribution >= 0.6 is 11.8 Å². The fourth-order valence-electron chi connectivity index (χ4n) is 4.46. The van der Waals surface area contributed by atoms with Crippen molar-refractivity contribution in [1.82, 2.24) is 10.3 Å². The van der Waals surface area contributed by atoms with E-state index in [0.717, 1.165) is 15.8 Å². The number of benzene rings is 4. The van der Waals surface area contributed by atoms with Gasteiger partial charge in [0.1, 0.15) is 11.4 Å². The van der Waals surface area contributed by atoms with Gasteiger partial charge >= 0.3 is 0 Å². The number of aromatic nitrogens is 1. The van der Waals surface area contributed by atoms with Crippen LogP contribution in [0.5, 0.6) is 5.75 Å². The Bertz CT molecular complexity index is 1820. The SMILES string of the molecule is CCOc1ccccc1/C=C(/NC(=O)c1ccccc1)C(=O)Nc1cccc(SC(C)C(=O)Nc2ccc3cc[nH]c3c2)c1. The van der Waals surface area contributed by atoms with Crippen molar-refractivity contribution in [3.63, 3.8) is 0 Å². The number of thioether (sulfide) groups is 1. The van der Waals surface area contributed by atoms with E-state index >= 15 is 0 Å². The largest absolute Gasteiger partial charge is 0.493 e. The summed E-state index contributed by atoms with van der Waals surface area (Å²) in [5, 5.41) is 9.28. The van der Waals surface area contributed by atoms with Gasteiger partial charge in [0.05, 0.1) is 11.9 Å². The lowest BCUT2D eigenvalue weighted by Gasteiger charge is -2.15. The molecular weight excluding hydrogens is 572 g/mol. The Morgan fingerprint density at radius 2 is 1.64 bits per heavy atom. The Kier molecular flexibility index (Phi) is 9.78. The maximum Gasteiger partial charge on any atom is 0.272 e. The highest BCUT2D eigenvalue weighted by Crippen LogP contribution is 2.28. The highest BCUT2D eigenvalue weighted by Gasteiger charge is 2.18. The van der Waals surface area contributed by atoms with Crippen molar-refractivity contribution < 1.29 is 19.1 Å². The highest BCUT2D eigenvalue weighted by molar-refractivity contribution is 8.00. The van der Waals surface area contributed by atoms with Crippen LogP contribution in [0.15, 0.2) is 120 Å². The maximum atomic E-state index is 13.6. The molecule has 1 heterocycles. The number of H-pyrrole nitrogens is 1. The summed E-state index contributed by atoms with van der Waals surface area (Å²) in [7, 11) is 0. The van der Waals surface area contributed by atoms with Crippen LogP contribution in [0, 0.1) is 0 Å². The summed E-state index contributed by atoms with van der Waals surface area (Å²) < 4.78 is 5.72. The molecule has 1 unspecified atom stereocenters. The number of ether oxygens (including phenoxy) is 1. The number of rotatable bonds is 11. The minimum absolute atomic E-state index is 0.0517. The number of amides is 3. The van der Waals surface area contributed by atoms with Gasteiger partial charge in [0, 0.05) is 39.1 Å². The van der Waals surface area contributed by atoms with Gasteiger partial charge in [-0.05, 0) is 79.9 Å². The van der Waals surface area contributed by atoms with Crippen molar-refractivity contribution in [2.24, 2.45) is 0 Å². The molecule has 0 aliphatic heterocycles. The first-order valence-electron chi connectivity index (χ1n) is 14.2. The summed E-state index contributed by atoms with van der Waals surface area (Å²) in [4.78, 5) is 43.5. The van der Waals surface area contributed by atoms with Gasteiger partial charge in [-0.25, -0.2) is 0 Å². The monoisotopic (exact) mass is 604 g/mol. The first-order valence-corrected chi connectivity index (χ1v) is 15.0. The first-order chi connectivity index (χ1) is 21.4. The molecule has 9 heteroatoms. The summed E-state index contributed by atoms with van der Waals surface area (Å²) in [5.74, 6) is -0.474. The molecular formula is C35H32N4O4S. The molecule has 0 bridgehead atoms. The Hall–Kier alpha value is -5.28. The van der Waals surface area contributed by atoms with Gasteiger partial charge < -0.3 is 25.7 Å². The lowest BCUT2D eigenvalue weighted by atomic mass is 10.1. The van der Waals surface area contributed by atoms with E-state index < -0.39 is 17.1 Å². The van der Waals surface area contributed by atoms with Gasteiger partial charge in [-0.3, -0.25) is 14.4 Å². The standard InChI is InChI=1S/C35H32N4O4S/c1-3-43-32-15-8-7-12-26(32)20-31(39-34(41)25-10-5-4-6-11-25)35(42)38-27-13-9-14-29(21-27)44-23(2)33(40)37-28-17-16-24-18-19-36-30(24)22-28/h4-23,36H,3H2,1-2H3,(H,37,40)(H,38,42)(H,39,41)/b31-20+. The lowest BCUT2D eigenvalue weighted by Crippen LogP contribution is -2.30. The van der Waals surface area contributed by atoms with E-state index in [-0.39, 0.29) is 11.6 Å². The third-order valence-electron chi connectivity index (χ3n) is 6.64. The van der Waals surface area contributed by atoms with E-state index in [9.17, 15) is 14.4 Å². The Morgan fingerprint density at radius 1 is 0.864 bits per heavy atom. The zero-order valence-corrected chi connectivity index (χ0v) is 25.1. The summed E-state index contributed by atoms with van der Waals surface area (Å²) in [6.45, 7) is 4.16. The number of aromatic amines is 1. The van der Waals surface area contributed by atoms with Crippen LogP contribution < -0.4 is 20.7 Å². The molecule has 3 amide bonds. The number of anilines is 2. The summed E-state index contributed by atoms with van der Waals surface area (Å²) in [5.41, 5.74) is 3.29. The second-order valence-corrected chi connectivity index (χ2v) is 11.3. The predicted molar refractivity (Wildman–Crippen MR) is 177 cm³/mol. The van der Waals surface area contributed by atoms with Crippen LogP contribution in [-0.2, 0) is 9.59 Å². The van der Waals surface area contributed by atoms with Crippen LogP contribution in [0.4, 0.5) is 11.4 Å². The zero-order chi connectivity index (χ0) is 30.9. The van der Waals surface area contributed by atoms with Crippen LogP contribution in [0.25, 0.3) is 17.0 Å². The van der Waals surface area contributed by atoms with Gasteiger partial charge in [0.15, 0.2) is 0 Å². The molecule has 44 heavy (non-hydrogen) atoms. The topological polar surface area (TPSA) is 112 Å². The Morgan fingerprint density at radius 3 is 2.45 bits per heavy atom. The number of carbonyl (C=O) groups is 3. The molecule has 5 aromatic rings. The lowest BCUT2D eigenvalue weighted by molar-refractivity contribution is -0.115. The van der Waals surface area contributed by atoms with Crippen LogP contribution in [0.2, 0.25) is 0 Å². The quantitative estimate of drug-likeness (QED) is 0.0950. The summed E-state index contributed by atoms with van der Waals surface area (Å²) in [6.07, 6.45) is 3.45. The van der Waals surface area contributed by atoms with Crippen LogP contribution in [0.1, 0.15) is 29.8 Å². The minimum Gasteiger partial charge on any atom is -0.493 e. The second kappa shape index (κ2) is 14.3. The smallest absolute Gasteiger partial charge is 0.272 e. The van der Waals surface area contributed by atoms with Gasteiger partial charge in [0.2, 0.25) is 5.91 Å². The van der Waals surface area contributed by atoms with Crippen molar-refractivity contribution >= 4 is 57.8 Å². The fraction of sp³-hybridized carbons (Fsp3) is 0.114. The molecule has 8 nitrogen and oxygen atoms in total. The number of hydrogen-bond acceptors (Lipinski definition) is 5. The predicted octanol–water partition coefficient (Wildman–Crippen LogP) is 7.10. The minimum atomic E-state index is -0.506. The Labute approximate surface area is 259 Å². The number of carbonyl (C=O) groups excluding carboxylic acids is 3. The van der Waals surface area contributed by atoms with E-state index in [1.807, 2.05) is 74.6 Å². The van der Waals surface area contributed by atoms with Crippen molar-refractivity contribution in [3.05, 3.63) is 126 Å². The molecule has 1 aromatic heterocycles.